The molecule has 0 aliphatic heterocycles. The number of nitrogens with zero attached hydrogens (tertiary/aromatic N) is 2. The van der Waals surface area contributed by atoms with Crippen molar-refractivity contribution in [2.24, 2.45) is 5.73 Å². The Labute approximate surface area is 93.2 Å². The molecule has 0 radical (unpaired) electrons. The average Bonchev–Trinajstić information content (AvgIpc) is 2.33. The molecule has 0 bridgehead atoms. The van der Waals surface area contributed by atoms with Crippen molar-refractivity contribution in [1.29, 1.82) is 0 Å². The maximum atomic E-state index is 13.4. The van der Waals surface area contributed by atoms with Gasteiger partial charge in [0.2, 0.25) is 0 Å². The van der Waals surface area contributed by atoms with Gasteiger partial charge in [0.1, 0.15) is 12.1 Å². The standard InChI is InChI=1S/C12H12FN3/c1-8-2-3-9(6-10(8)13)12(14)11-4-5-15-7-16-11/h2-7,12H,14H2,1H3. The van der Waals surface area contributed by atoms with E-state index in [9.17, 15) is 4.39 Å². The van der Waals surface area contributed by atoms with E-state index in [-0.39, 0.29) is 5.82 Å². The lowest BCUT2D eigenvalue weighted by Gasteiger charge is -2.11. The van der Waals surface area contributed by atoms with Gasteiger partial charge in [0.15, 0.2) is 0 Å². The topological polar surface area (TPSA) is 51.8 Å². The summed E-state index contributed by atoms with van der Waals surface area (Å²) in [5.41, 5.74) is 7.98. The van der Waals surface area contributed by atoms with Gasteiger partial charge in [-0.1, -0.05) is 12.1 Å². The lowest BCUT2D eigenvalue weighted by molar-refractivity contribution is 0.614. The summed E-state index contributed by atoms with van der Waals surface area (Å²) in [5.74, 6) is -0.248. The summed E-state index contributed by atoms with van der Waals surface area (Å²) in [6, 6.07) is 6.28. The van der Waals surface area contributed by atoms with Crippen molar-refractivity contribution in [2.45, 2.75) is 13.0 Å². The Morgan fingerprint density at radius 1 is 1.31 bits per heavy atom. The first-order valence-electron chi connectivity index (χ1n) is 4.96. The SMILES string of the molecule is Cc1ccc(C(N)c2ccncn2)cc1F. The normalized spacial score (nSPS) is 12.4. The average molecular weight is 217 g/mol. The molecule has 0 saturated carbocycles. The molecule has 1 atom stereocenters. The number of halogens is 1. The van der Waals surface area contributed by atoms with Crippen LogP contribution in [0.25, 0.3) is 0 Å². The summed E-state index contributed by atoms with van der Waals surface area (Å²) >= 11 is 0. The van der Waals surface area contributed by atoms with E-state index in [1.165, 1.54) is 12.4 Å². The van der Waals surface area contributed by atoms with Crippen LogP contribution in [0, 0.1) is 12.7 Å². The fraction of sp³-hybridized carbons (Fsp3) is 0.167. The number of rotatable bonds is 2. The van der Waals surface area contributed by atoms with Crippen LogP contribution in [0.4, 0.5) is 4.39 Å². The Bertz CT molecular complexity index is 485. The fourth-order valence-corrected chi connectivity index (χ4v) is 1.46. The minimum absolute atomic E-state index is 0.248. The highest BCUT2D eigenvalue weighted by Crippen LogP contribution is 2.19. The first-order valence-corrected chi connectivity index (χ1v) is 4.96. The lowest BCUT2D eigenvalue weighted by atomic mass is 10.0. The molecule has 0 spiro atoms. The highest BCUT2D eigenvalue weighted by Gasteiger charge is 2.11. The van der Waals surface area contributed by atoms with Gasteiger partial charge >= 0.3 is 0 Å². The first kappa shape index (κ1) is 10.7. The minimum atomic E-state index is -0.418. The van der Waals surface area contributed by atoms with E-state index in [1.54, 1.807) is 25.3 Å². The van der Waals surface area contributed by atoms with Gasteiger partial charge in [-0.2, -0.15) is 0 Å². The van der Waals surface area contributed by atoms with Crippen molar-refractivity contribution in [3.8, 4) is 0 Å². The molecule has 16 heavy (non-hydrogen) atoms. The van der Waals surface area contributed by atoms with E-state index in [4.69, 9.17) is 5.73 Å². The number of aromatic nitrogens is 2. The third-order valence-electron chi connectivity index (χ3n) is 2.48. The van der Waals surface area contributed by atoms with Gasteiger partial charge in [-0.15, -0.1) is 0 Å². The van der Waals surface area contributed by atoms with Crippen LogP contribution in [-0.4, -0.2) is 9.97 Å². The van der Waals surface area contributed by atoms with E-state index >= 15 is 0 Å². The van der Waals surface area contributed by atoms with Crippen LogP contribution >= 0.6 is 0 Å². The van der Waals surface area contributed by atoms with Gasteiger partial charge in [-0.25, -0.2) is 14.4 Å². The second-order valence-corrected chi connectivity index (χ2v) is 3.62. The Kier molecular flexibility index (Phi) is 2.92. The van der Waals surface area contributed by atoms with Gasteiger partial charge in [0, 0.05) is 6.20 Å². The maximum Gasteiger partial charge on any atom is 0.126 e. The summed E-state index contributed by atoms with van der Waals surface area (Å²) in [7, 11) is 0. The van der Waals surface area contributed by atoms with Crippen LogP contribution in [0.1, 0.15) is 22.9 Å². The summed E-state index contributed by atoms with van der Waals surface area (Å²) in [5, 5.41) is 0. The summed E-state index contributed by atoms with van der Waals surface area (Å²) < 4.78 is 13.4. The highest BCUT2D eigenvalue weighted by molar-refractivity contribution is 5.30. The second-order valence-electron chi connectivity index (χ2n) is 3.62. The third kappa shape index (κ3) is 2.06. The van der Waals surface area contributed by atoms with E-state index in [1.807, 2.05) is 6.07 Å². The van der Waals surface area contributed by atoms with Crippen LogP contribution in [0.15, 0.2) is 36.8 Å². The molecule has 1 aromatic carbocycles. The molecule has 1 heterocycles. The van der Waals surface area contributed by atoms with Gasteiger partial charge in [-0.3, -0.25) is 0 Å². The van der Waals surface area contributed by atoms with Crippen LogP contribution in [0.5, 0.6) is 0 Å². The van der Waals surface area contributed by atoms with Gasteiger partial charge in [-0.05, 0) is 30.2 Å². The molecule has 2 aromatic rings. The Morgan fingerprint density at radius 3 is 2.75 bits per heavy atom. The maximum absolute atomic E-state index is 13.4. The molecule has 2 N–H and O–H groups in total. The predicted molar refractivity (Wildman–Crippen MR) is 59.2 cm³/mol. The zero-order valence-electron chi connectivity index (χ0n) is 8.89. The van der Waals surface area contributed by atoms with Crippen LogP contribution in [-0.2, 0) is 0 Å². The zero-order valence-corrected chi connectivity index (χ0v) is 8.89. The van der Waals surface area contributed by atoms with Crippen molar-refractivity contribution in [3.63, 3.8) is 0 Å². The lowest BCUT2D eigenvalue weighted by Crippen LogP contribution is -2.13. The Hall–Kier alpha value is -1.81. The summed E-state index contributed by atoms with van der Waals surface area (Å²) in [6.45, 7) is 1.72. The van der Waals surface area contributed by atoms with Crippen molar-refractivity contribution in [1.82, 2.24) is 9.97 Å². The second kappa shape index (κ2) is 4.37. The van der Waals surface area contributed by atoms with E-state index in [0.29, 0.717) is 16.8 Å². The molecular weight excluding hydrogens is 205 g/mol. The molecular formula is C12H12FN3. The van der Waals surface area contributed by atoms with Gasteiger partial charge < -0.3 is 5.73 Å². The van der Waals surface area contributed by atoms with E-state index < -0.39 is 6.04 Å². The number of aryl methyl sites for hydroxylation is 1. The molecule has 4 heteroatoms. The molecule has 0 amide bonds. The monoisotopic (exact) mass is 217 g/mol. The molecule has 1 aromatic heterocycles. The van der Waals surface area contributed by atoms with Crippen LogP contribution < -0.4 is 5.73 Å². The van der Waals surface area contributed by atoms with Gasteiger partial charge in [0.25, 0.3) is 0 Å². The zero-order chi connectivity index (χ0) is 11.5. The Morgan fingerprint density at radius 2 is 2.12 bits per heavy atom. The third-order valence-corrected chi connectivity index (χ3v) is 2.48. The smallest absolute Gasteiger partial charge is 0.126 e. The predicted octanol–water partition coefficient (Wildman–Crippen LogP) is 1.97. The number of hydrogen-bond acceptors (Lipinski definition) is 3. The van der Waals surface area contributed by atoms with Crippen molar-refractivity contribution < 1.29 is 4.39 Å². The molecule has 1 unspecified atom stereocenters. The molecule has 0 aliphatic carbocycles. The quantitative estimate of drug-likeness (QED) is 0.836. The number of hydrogen-bond donors (Lipinski definition) is 1. The minimum Gasteiger partial charge on any atom is -0.319 e. The number of benzene rings is 1. The van der Waals surface area contributed by atoms with Crippen LogP contribution in [0.3, 0.4) is 0 Å². The summed E-state index contributed by atoms with van der Waals surface area (Å²) in [4.78, 5) is 7.86. The molecule has 2 rings (SSSR count). The highest BCUT2D eigenvalue weighted by atomic mass is 19.1. The largest absolute Gasteiger partial charge is 0.319 e. The number of nitrogens with two attached hydrogens (primary N) is 1. The van der Waals surface area contributed by atoms with Crippen molar-refractivity contribution in [2.75, 3.05) is 0 Å². The van der Waals surface area contributed by atoms with Crippen LogP contribution in [0.2, 0.25) is 0 Å². The molecule has 82 valence electrons. The van der Waals surface area contributed by atoms with Gasteiger partial charge in [0.05, 0.1) is 11.7 Å². The fourth-order valence-electron chi connectivity index (χ4n) is 1.46. The molecule has 3 nitrogen and oxygen atoms in total. The molecule has 0 saturated heterocycles. The summed E-state index contributed by atoms with van der Waals surface area (Å²) in [6.07, 6.45) is 3.05. The first-order chi connectivity index (χ1) is 7.68. The van der Waals surface area contributed by atoms with Crippen molar-refractivity contribution >= 4 is 0 Å². The Balaban J connectivity index is 2.34. The van der Waals surface area contributed by atoms with E-state index in [0.717, 1.165) is 0 Å². The molecule has 0 aliphatic rings. The molecule has 0 fully saturated rings. The van der Waals surface area contributed by atoms with Crippen molar-refractivity contribution in [3.05, 3.63) is 59.4 Å². The van der Waals surface area contributed by atoms with E-state index in [2.05, 4.69) is 9.97 Å².